The van der Waals surface area contributed by atoms with Crippen molar-refractivity contribution in [3.63, 3.8) is 0 Å². The summed E-state index contributed by atoms with van der Waals surface area (Å²) in [5.41, 5.74) is 1.46. The van der Waals surface area contributed by atoms with E-state index in [9.17, 15) is 13.6 Å². The number of benzene rings is 1. The predicted octanol–water partition coefficient (Wildman–Crippen LogP) is 2.43. The molecule has 1 N–H and O–H groups in total. The second kappa shape index (κ2) is 6.60. The first-order chi connectivity index (χ1) is 13.0. The highest BCUT2D eigenvalue weighted by molar-refractivity contribution is 5.95. The lowest BCUT2D eigenvalue weighted by Crippen LogP contribution is -2.24. The van der Waals surface area contributed by atoms with Crippen molar-refractivity contribution in [3.05, 3.63) is 77.5 Å². The Morgan fingerprint density at radius 2 is 2.04 bits per heavy atom. The lowest BCUT2D eigenvalue weighted by Gasteiger charge is -2.07. The molecular formula is C18H14F2N6O. The van der Waals surface area contributed by atoms with Crippen LogP contribution in [0, 0.1) is 18.6 Å². The minimum absolute atomic E-state index is 0.0661. The molecule has 9 heteroatoms. The number of halogens is 2. The van der Waals surface area contributed by atoms with Gasteiger partial charge in [0.05, 0.1) is 24.0 Å². The largest absolute Gasteiger partial charge is 0.345 e. The fourth-order valence-electron chi connectivity index (χ4n) is 2.79. The van der Waals surface area contributed by atoms with E-state index in [4.69, 9.17) is 0 Å². The van der Waals surface area contributed by atoms with Crippen LogP contribution in [0.2, 0.25) is 0 Å². The van der Waals surface area contributed by atoms with Crippen LogP contribution in [0.3, 0.4) is 0 Å². The van der Waals surface area contributed by atoms with Gasteiger partial charge in [0.15, 0.2) is 17.3 Å². The zero-order valence-electron chi connectivity index (χ0n) is 14.2. The van der Waals surface area contributed by atoms with Crippen LogP contribution >= 0.6 is 0 Å². The summed E-state index contributed by atoms with van der Waals surface area (Å²) in [5.74, 6) is -1.25. The van der Waals surface area contributed by atoms with Gasteiger partial charge in [0.2, 0.25) is 0 Å². The van der Waals surface area contributed by atoms with Gasteiger partial charge in [-0.15, -0.1) is 10.2 Å². The SMILES string of the molecule is Cc1c(C(=O)NCc2nnc3ccccn23)cnn1-c1ccc(F)cc1F. The molecule has 0 fully saturated rings. The molecule has 3 aromatic heterocycles. The highest BCUT2D eigenvalue weighted by Gasteiger charge is 2.18. The van der Waals surface area contributed by atoms with E-state index in [1.165, 1.54) is 16.9 Å². The van der Waals surface area contributed by atoms with Gasteiger partial charge < -0.3 is 5.32 Å². The van der Waals surface area contributed by atoms with Gasteiger partial charge in [-0.1, -0.05) is 6.07 Å². The molecule has 4 rings (SSSR count). The maximum atomic E-state index is 14.0. The number of amides is 1. The number of aromatic nitrogens is 5. The van der Waals surface area contributed by atoms with Gasteiger partial charge in [0.1, 0.15) is 11.5 Å². The zero-order chi connectivity index (χ0) is 19.0. The highest BCUT2D eigenvalue weighted by Crippen LogP contribution is 2.18. The molecule has 0 aliphatic rings. The van der Waals surface area contributed by atoms with Gasteiger partial charge in [-0.05, 0) is 31.2 Å². The van der Waals surface area contributed by atoms with Crippen molar-refractivity contribution in [1.29, 1.82) is 0 Å². The van der Waals surface area contributed by atoms with Crippen LogP contribution in [0.5, 0.6) is 0 Å². The zero-order valence-corrected chi connectivity index (χ0v) is 14.2. The summed E-state index contributed by atoms with van der Waals surface area (Å²) in [5, 5.41) is 14.9. The molecule has 0 bridgehead atoms. The van der Waals surface area contributed by atoms with Crippen molar-refractivity contribution in [2.24, 2.45) is 0 Å². The predicted molar refractivity (Wildman–Crippen MR) is 92.4 cm³/mol. The van der Waals surface area contributed by atoms with E-state index < -0.39 is 11.6 Å². The molecule has 0 spiro atoms. The van der Waals surface area contributed by atoms with Crippen LogP contribution < -0.4 is 5.32 Å². The standard InChI is InChI=1S/C18H14F2N6O/c1-11-13(9-22-26(11)15-6-5-12(19)8-14(15)20)18(27)21-10-17-24-23-16-4-2-3-7-25(16)17/h2-9H,10H2,1H3,(H,21,27). The monoisotopic (exact) mass is 368 g/mol. The minimum atomic E-state index is -0.761. The number of hydrogen-bond donors (Lipinski definition) is 1. The van der Waals surface area contributed by atoms with Gasteiger partial charge in [-0.2, -0.15) is 5.10 Å². The van der Waals surface area contributed by atoms with Gasteiger partial charge >= 0.3 is 0 Å². The third kappa shape index (κ3) is 3.03. The molecule has 0 unspecified atom stereocenters. The number of fused-ring (bicyclic) bond motifs is 1. The van der Waals surface area contributed by atoms with Crippen molar-refractivity contribution in [2.75, 3.05) is 0 Å². The molecule has 1 amide bonds. The van der Waals surface area contributed by atoms with Crippen LogP contribution in [0.15, 0.2) is 48.8 Å². The summed E-state index contributed by atoms with van der Waals surface area (Å²) < 4.78 is 30.1. The Kier molecular flexibility index (Phi) is 4.11. The van der Waals surface area contributed by atoms with Crippen LogP contribution in [0.4, 0.5) is 8.78 Å². The number of hydrogen-bond acceptors (Lipinski definition) is 4. The van der Waals surface area contributed by atoms with Crippen LogP contribution in [0.1, 0.15) is 21.9 Å². The smallest absolute Gasteiger partial charge is 0.255 e. The first kappa shape index (κ1) is 16.8. The highest BCUT2D eigenvalue weighted by atomic mass is 19.1. The molecule has 0 aliphatic carbocycles. The second-order valence-corrected chi connectivity index (χ2v) is 5.88. The molecular weight excluding hydrogens is 354 g/mol. The topological polar surface area (TPSA) is 77.1 Å². The van der Waals surface area contributed by atoms with E-state index in [0.717, 1.165) is 12.1 Å². The summed E-state index contributed by atoms with van der Waals surface area (Å²) in [6.07, 6.45) is 3.15. The van der Waals surface area contributed by atoms with Gasteiger partial charge in [-0.3, -0.25) is 9.20 Å². The Hall–Kier alpha value is -3.62. The first-order valence-corrected chi connectivity index (χ1v) is 8.11. The van der Waals surface area contributed by atoms with Crippen molar-refractivity contribution in [3.8, 4) is 5.69 Å². The Morgan fingerprint density at radius 1 is 1.19 bits per heavy atom. The number of carbonyl (C=O) groups excluding carboxylic acids is 1. The Balaban J connectivity index is 1.55. The van der Waals surface area contributed by atoms with E-state index in [1.807, 2.05) is 18.2 Å². The molecule has 0 saturated carbocycles. The maximum absolute atomic E-state index is 14.0. The van der Waals surface area contributed by atoms with E-state index in [0.29, 0.717) is 17.2 Å². The first-order valence-electron chi connectivity index (χ1n) is 8.11. The summed E-state index contributed by atoms with van der Waals surface area (Å²) in [7, 11) is 0. The van der Waals surface area contributed by atoms with Crippen molar-refractivity contribution >= 4 is 11.6 Å². The summed E-state index contributed by atoms with van der Waals surface area (Å²) >= 11 is 0. The van der Waals surface area contributed by atoms with Crippen molar-refractivity contribution in [1.82, 2.24) is 29.7 Å². The lowest BCUT2D eigenvalue weighted by atomic mass is 10.2. The van der Waals surface area contributed by atoms with E-state index in [1.54, 1.807) is 17.5 Å². The van der Waals surface area contributed by atoms with Crippen molar-refractivity contribution in [2.45, 2.75) is 13.5 Å². The molecule has 27 heavy (non-hydrogen) atoms. The Labute approximate surface area is 152 Å². The van der Waals surface area contributed by atoms with E-state index in [-0.39, 0.29) is 23.7 Å². The van der Waals surface area contributed by atoms with E-state index >= 15 is 0 Å². The quantitative estimate of drug-likeness (QED) is 0.600. The number of pyridine rings is 1. The maximum Gasteiger partial charge on any atom is 0.255 e. The Morgan fingerprint density at radius 3 is 2.85 bits per heavy atom. The fourth-order valence-corrected chi connectivity index (χ4v) is 2.79. The molecule has 0 saturated heterocycles. The molecule has 0 aliphatic heterocycles. The van der Waals surface area contributed by atoms with Gasteiger partial charge in [0, 0.05) is 12.3 Å². The van der Waals surface area contributed by atoms with E-state index in [2.05, 4.69) is 20.6 Å². The molecule has 4 aromatic rings. The average Bonchev–Trinajstić information content (AvgIpc) is 3.24. The van der Waals surface area contributed by atoms with Crippen LogP contribution in [-0.2, 0) is 6.54 Å². The minimum Gasteiger partial charge on any atom is -0.345 e. The second-order valence-electron chi connectivity index (χ2n) is 5.88. The number of rotatable bonds is 4. The molecule has 3 heterocycles. The van der Waals surface area contributed by atoms with Crippen LogP contribution in [-0.4, -0.2) is 30.3 Å². The number of carbonyl (C=O) groups is 1. The normalized spacial score (nSPS) is 11.1. The number of nitrogens with zero attached hydrogens (tertiary/aromatic N) is 5. The summed E-state index contributed by atoms with van der Waals surface area (Å²) in [4.78, 5) is 12.5. The Bertz CT molecular complexity index is 1150. The van der Waals surface area contributed by atoms with Crippen LogP contribution in [0.25, 0.3) is 11.3 Å². The lowest BCUT2D eigenvalue weighted by molar-refractivity contribution is 0.0949. The third-order valence-corrected chi connectivity index (χ3v) is 4.18. The van der Waals surface area contributed by atoms with Crippen molar-refractivity contribution < 1.29 is 13.6 Å². The average molecular weight is 368 g/mol. The fraction of sp³-hybridized carbons (Fsp3) is 0.111. The molecule has 7 nitrogen and oxygen atoms in total. The number of nitrogens with one attached hydrogen (secondary N) is 1. The summed E-state index contributed by atoms with van der Waals surface area (Å²) in [6.45, 7) is 1.80. The van der Waals surface area contributed by atoms with Gasteiger partial charge in [-0.25, -0.2) is 13.5 Å². The third-order valence-electron chi connectivity index (χ3n) is 4.18. The molecule has 136 valence electrons. The van der Waals surface area contributed by atoms with Gasteiger partial charge in [0.25, 0.3) is 5.91 Å². The molecule has 0 radical (unpaired) electrons. The molecule has 0 atom stereocenters. The molecule has 1 aromatic carbocycles. The summed E-state index contributed by atoms with van der Waals surface area (Å²) in [6, 6.07) is 8.67.